The molecule has 0 saturated heterocycles. The van der Waals surface area contributed by atoms with Crippen LogP contribution in [0.1, 0.15) is 17.2 Å². The first-order valence-electron chi connectivity index (χ1n) is 6.29. The maximum Gasteiger partial charge on any atom is 0.165 e. The van der Waals surface area contributed by atoms with Gasteiger partial charge in [0.2, 0.25) is 0 Å². The van der Waals surface area contributed by atoms with Crippen molar-refractivity contribution in [3.05, 3.63) is 65.5 Å². The van der Waals surface area contributed by atoms with Crippen molar-refractivity contribution >= 4 is 0 Å². The summed E-state index contributed by atoms with van der Waals surface area (Å²) in [5.74, 6) is -0.0494. The molecule has 0 radical (unpaired) electrons. The molecule has 19 heavy (non-hydrogen) atoms. The highest BCUT2D eigenvalue weighted by atomic mass is 19.1. The number of hydrogen-bond acceptors (Lipinski definition) is 2. The second-order valence-corrected chi connectivity index (χ2v) is 4.42. The molecule has 2 nitrogen and oxygen atoms in total. The van der Waals surface area contributed by atoms with Gasteiger partial charge in [-0.25, -0.2) is 4.39 Å². The Morgan fingerprint density at radius 1 is 1.16 bits per heavy atom. The van der Waals surface area contributed by atoms with Crippen LogP contribution < -0.4 is 10.1 Å². The number of nitrogens with one attached hydrogen (secondary N) is 1. The number of ether oxygens (including phenoxy) is 1. The van der Waals surface area contributed by atoms with Gasteiger partial charge in [-0.05, 0) is 36.7 Å². The van der Waals surface area contributed by atoms with Gasteiger partial charge in [0.15, 0.2) is 11.6 Å². The van der Waals surface area contributed by atoms with Gasteiger partial charge >= 0.3 is 0 Å². The van der Waals surface area contributed by atoms with Crippen molar-refractivity contribution in [2.24, 2.45) is 0 Å². The smallest absolute Gasteiger partial charge is 0.165 e. The molecule has 0 saturated carbocycles. The number of likely N-dealkylation sites (N-methyl/N-ethyl adjacent to an activating group) is 1. The maximum atomic E-state index is 13.7. The van der Waals surface area contributed by atoms with Gasteiger partial charge in [-0.3, -0.25) is 0 Å². The normalized spacial score (nSPS) is 12.2. The van der Waals surface area contributed by atoms with Gasteiger partial charge in [0.1, 0.15) is 0 Å². The Morgan fingerprint density at radius 3 is 2.47 bits per heavy atom. The van der Waals surface area contributed by atoms with E-state index in [2.05, 4.69) is 17.4 Å². The standard InChI is InChI=1S/C16H18FNO/c1-18-15(10-12-6-4-3-5-7-12)13-8-9-16(19-2)14(17)11-13/h3-9,11,15,18H,10H2,1-2H3. The predicted molar refractivity (Wildman–Crippen MR) is 74.9 cm³/mol. The highest BCUT2D eigenvalue weighted by Crippen LogP contribution is 2.24. The largest absolute Gasteiger partial charge is 0.494 e. The Bertz CT molecular complexity index is 528. The summed E-state index contributed by atoms with van der Waals surface area (Å²) in [6.45, 7) is 0. The second-order valence-electron chi connectivity index (χ2n) is 4.42. The molecule has 0 aromatic heterocycles. The predicted octanol–water partition coefficient (Wildman–Crippen LogP) is 3.34. The van der Waals surface area contributed by atoms with Crippen LogP contribution in [0, 0.1) is 5.82 Å². The number of halogens is 1. The van der Waals surface area contributed by atoms with Crippen molar-refractivity contribution in [1.82, 2.24) is 5.32 Å². The summed E-state index contributed by atoms with van der Waals surface area (Å²) in [5, 5.41) is 3.22. The Kier molecular flexibility index (Phi) is 4.53. The Balaban J connectivity index is 2.20. The molecule has 100 valence electrons. The molecule has 0 spiro atoms. The highest BCUT2D eigenvalue weighted by Gasteiger charge is 2.12. The lowest BCUT2D eigenvalue weighted by Crippen LogP contribution is -2.19. The molecule has 1 unspecified atom stereocenters. The quantitative estimate of drug-likeness (QED) is 0.889. The summed E-state index contributed by atoms with van der Waals surface area (Å²) < 4.78 is 18.7. The minimum atomic E-state index is -0.326. The number of methoxy groups -OCH3 is 1. The molecule has 2 aromatic carbocycles. The summed E-state index contributed by atoms with van der Waals surface area (Å²) in [6, 6.07) is 15.3. The lowest BCUT2D eigenvalue weighted by molar-refractivity contribution is 0.385. The first kappa shape index (κ1) is 13.6. The van der Waals surface area contributed by atoms with Gasteiger partial charge < -0.3 is 10.1 Å². The molecule has 3 heteroatoms. The van der Waals surface area contributed by atoms with Crippen molar-refractivity contribution < 1.29 is 9.13 Å². The van der Waals surface area contributed by atoms with Crippen molar-refractivity contribution in [3.63, 3.8) is 0 Å². The zero-order valence-corrected chi connectivity index (χ0v) is 11.2. The van der Waals surface area contributed by atoms with E-state index in [0.29, 0.717) is 0 Å². The molecule has 0 aliphatic heterocycles. The fourth-order valence-electron chi connectivity index (χ4n) is 2.14. The van der Waals surface area contributed by atoms with Crippen molar-refractivity contribution in [2.45, 2.75) is 12.5 Å². The SMILES string of the molecule is CNC(Cc1ccccc1)c1ccc(OC)c(F)c1. The third-order valence-electron chi connectivity index (χ3n) is 3.21. The van der Waals surface area contributed by atoms with Gasteiger partial charge in [0.05, 0.1) is 7.11 Å². The fraction of sp³-hybridized carbons (Fsp3) is 0.250. The molecule has 0 heterocycles. The molecule has 1 atom stereocenters. The summed E-state index contributed by atoms with van der Waals surface area (Å²) in [4.78, 5) is 0. The first-order chi connectivity index (χ1) is 9.24. The van der Waals surface area contributed by atoms with Crippen LogP contribution in [0.2, 0.25) is 0 Å². The van der Waals surface area contributed by atoms with Crippen LogP contribution in [0.3, 0.4) is 0 Å². The molecular weight excluding hydrogens is 241 g/mol. The molecule has 0 fully saturated rings. The van der Waals surface area contributed by atoms with Crippen LogP contribution in [0.25, 0.3) is 0 Å². The van der Waals surface area contributed by atoms with Crippen LogP contribution in [0.5, 0.6) is 5.75 Å². The fourth-order valence-corrected chi connectivity index (χ4v) is 2.14. The van der Waals surface area contributed by atoms with Gasteiger partial charge in [-0.1, -0.05) is 36.4 Å². The van der Waals surface area contributed by atoms with Crippen LogP contribution >= 0.6 is 0 Å². The minimum Gasteiger partial charge on any atom is -0.494 e. The third-order valence-corrected chi connectivity index (χ3v) is 3.21. The summed E-state index contributed by atoms with van der Waals surface area (Å²) >= 11 is 0. The summed E-state index contributed by atoms with van der Waals surface area (Å²) in [6.07, 6.45) is 0.823. The molecule has 0 amide bonds. The van der Waals surface area contributed by atoms with E-state index in [9.17, 15) is 4.39 Å². The maximum absolute atomic E-state index is 13.7. The topological polar surface area (TPSA) is 21.3 Å². The van der Waals surface area contributed by atoms with E-state index >= 15 is 0 Å². The van der Waals surface area contributed by atoms with E-state index in [-0.39, 0.29) is 17.6 Å². The summed E-state index contributed by atoms with van der Waals surface area (Å²) in [5.41, 5.74) is 2.14. The molecule has 2 aromatic rings. The first-order valence-corrected chi connectivity index (χ1v) is 6.29. The Labute approximate surface area is 113 Å². The lowest BCUT2D eigenvalue weighted by atomic mass is 9.99. The van der Waals surface area contributed by atoms with E-state index in [4.69, 9.17) is 4.74 Å². The van der Waals surface area contributed by atoms with E-state index in [1.165, 1.54) is 18.7 Å². The van der Waals surface area contributed by atoms with Gasteiger partial charge in [-0.15, -0.1) is 0 Å². The van der Waals surface area contributed by atoms with E-state index in [1.807, 2.05) is 31.3 Å². The van der Waals surface area contributed by atoms with E-state index in [0.717, 1.165) is 12.0 Å². The average molecular weight is 259 g/mol. The molecule has 0 bridgehead atoms. The molecular formula is C16H18FNO. The Hall–Kier alpha value is -1.87. The molecule has 2 rings (SSSR count). The van der Waals surface area contributed by atoms with Crippen LogP contribution in [0.4, 0.5) is 4.39 Å². The number of rotatable bonds is 5. The lowest BCUT2D eigenvalue weighted by Gasteiger charge is -2.17. The monoisotopic (exact) mass is 259 g/mol. The third kappa shape index (κ3) is 3.32. The van der Waals surface area contributed by atoms with Crippen LogP contribution in [0.15, 0.2) is 48.5 Å². The van der Waals surface area contributed by atoms with Gasteiger partial charge in [0, 0.05) is 6.04 Å². The number of hydrogen-bond donors (Lipinski definition) is 1. The van der Waals surface area contributed by atoms with Crippen LogP contribution in [-0.4, -0.2) is 14.2 Å². The molecule has 1 N–H and O–H groups in total. The molecule has 0 aliphatic rings. The zero-order chi connectivity index (χ0) is 13.7. The zero-order valence-electron chi connectivity index (χ0n) is 11.2. The van der Waals surface area contributed by atoms with Crippen LogP contribution in [-0.2, 0) is 6.42 Å². The van der Waals surface area contributed by atoms with E-state index in [1.54, 1.807) is 6.07 Å². The Morgan fingerprint density at radius 2 is 1.89 bits per heavy atom. The van der Waals surface area contributed by atoms with Gasteiger partial charge in [-0.2, -0.15) is 0 Å². The minimum absolute atomic E-state index is 0.0859. The molecule has 0 aliphatic carbocycles. The van der Waals surface area contributed by atoms with Gasteiger partial charge in [0.25, 0.3) is 0 Å². The highest BCUT2D eigenvalue weighted by molar-refractivity contribution is 5.32. The summed E-state index contributed by atoms with van der Waals surface area (Å²) in [7, 11) is 3.35. The van der Waals surface area contributed by atoms with Crippen molar-refractivity contribution in [3.8, 4) is 5.75 Å². The van der Waals surface area contributed by atoms with Crippen molar-refractivity contribution in [2.75, 3.05) is 14.2 Å². The van der Waals surface area contributed by atoms with E-state index < -0.39 is 0 Å². The van der Waals surface area contributed by atoms with Crippen molar-refractivity contribution in [1.29, 1.82) is 0 Å². The number of benzene rings is 2. The second kappa shape index (κ2) is 6.34. The average Bonchev–Trinajstić information content (AvgIpc) is 2.46.